The smallest absolute Gasteiger partial charge is 0.191 e. The summed E-state index contributed by atoms with van der Waals surface area (Å²) in [5.74, 6) is 0.884. The molecule has 7 heteroatoms. The molecule has 1 saturated heterocycles. The van der Waals surface area contributed by atoms with Crippen LogP contribution in [-0.4, -0.2) is 45.0 Å². The summed E-state index contributed by atoms with van der Waals surface area (Å²) < 4.78 is 11.2. The quantitative estimate of drug-likeness (QED) is 0.245. The van der Waals surface area contributed by atoms with Crippen molar-refractivity contribution in [3.8, 4) is 0 Å². The molecule has 0 atom stereocenters. The largest absolute Gasteiger partial charge is 0.381 e. The Morgan fingerprint density at radius 3 is 2.68 bits per heavy atom. The number of aryl methyl sites for hydroxylation is 1. The van der Waals surface area contributed by atoms with Gasteiger partial charge in [-0.05, 0) is 44.7 Å². The maximum absolute atomic E-state index is 5.89. The molecule has 2 N–H and O–H groups in total. The van der Waals surface area contributed by atoms with Gasteiger partial charge < -0.3 is 20.1 Å². The van der Waals surface area contributed by atoms with Crippen LogP contribution in [0.15, 0.2) is 17.1 Å². The van der Waals surface area contributed by atoms with E-state index in [1.807, 2.05) is 11.3 Å². The highest BCUT2D eigenvalue weighted by molar-refractivity contribution is 14.0. The van der Waals surface area contributed by atoms with Gasteiger partial charge >= 0.3 is 0 Å². The first kappa shape index (κ1) is 22.7. The number of rotatable bonds is 9. The fourth-order valence-corrected chi connectivity index (χ4v) is 3.45. The first-order valence-corrected chi connectivity index (χ1v) is 9.92. The predicted molar refractivity (Wildman–Crippen MR) is 116 cm³/mol. The van der Waals surface area contributed by atoms with Crippen molar-refractivity contribution in [2.75, 3.05) is 32.9 Å². The minimum Gasteiger partial charge on any atom is -0.381 e. The number of guanidine groups is 1. The molecule has 5 nitrogen and oxygen atoms in total. The van der Waals surface area contributed by atoms with Crippen molar-refractivity contribution in [2.24, 2.45) is 4.99 Å². The van der Waals surface area contributed by atoms with Gasteiger partial charge in [-0.2, -0.15) is 0 Å². The molecular weight excluding hydrogens is 449 g/mol. The lowest BCUT2D eigenvalue weighted by molar-refractivity contribution is -0.0320. The van der Waals surface area contributed by atoms with Crippen LogP contribution in [-0.2, 0) is 22.4 Å². The van der Waals surface area contributed by atoms with Crippen molar-refractivity contribution in [1.29, 1.82) is 0 Å². The third kappa shape index (κ3) is 9.21. The Kier molecular flexibility index (Phi) is 12.5. The lowest BCUT2D eigenvalue weighted by atomic mass is 10.1. The summed E-state index contributed by atoms with van der Waals surface area (Å²) in [6.07, 6.45) is 4.52. The fourth-order valence-electron chi connectivity index (χ4n) is 2.57. The summed E-state index contributed by atoms with van der Waals surface area (Å²) in [7, 11) is 0. The van der Waals surface area contributed by atoms with Crippen LogP contribution in [0.3, 0.4) is 0 Å². The van der Waals surface area contributed by atoms with E-state index in [1.165, 1.54) is 9.75 Å². The predicted octanol–water partition coefficient (Wildman–Crippen LogP) is 3.57. The van der Waals surface area contributed by atoms with Crippen LogP contribution in [0.1, 0.15) is 42.9 Å². The lowest BCUT2D eigenvalue weighted by Gasteiger charge is -2.22. The topological polar surface area (TPSA) is 54.9 Å². The zero-order valence-corrected chi connectivity index (χ0v) is 18.5. The molecule has 1 aromatic heterocycles. The van der Waals surface area contributed by atoms with Crippen LogP contribution in [0.5, 0.6) is 0 Å². The molecule has 25 heavy (non-hydrogen) atoms. The maximum atomic E-state index is 5.89. The van der Waals surface area contributed by atoms with Crippen molar-refractivity contribution in [2.45, 2.75) is 52.2 Å². The first-order valence-electron chi connectivity index (χ1n) is 9.11. The first-order chi connectivity index (χ1) is 11.8. The van der Waals surface area contributed by atoms with Crippen LogP contribution in [0.2, 0.25) is 0 Å². The van der Waals surface area contributed by atoms with Crippen LogP contribution in [0.25, 0.3) is 0 Å². The molecule has 0 radical (unpaired) electrons. The van der Waals surface area contributed by atoms with Gasteiger partial charge in [-0.25, -0.2) is 4.99 Å². The highest BCUT2D eigenvalue weighted by atomic mass is 127. The molecule has 0 aromatic carbocycles. The third-order valence-electron chi connectivity index (χ3n) is 3.94. The van der Waals surface area contributed by atoms with Gasteiger partial charge in [0.15, 0.2) is 5.96 Å². The second kappa shape index (κ2) is 13.8. The summed E-state index contributed by atoms with van der Waals surface area (Å²) in [5, 5.41) is 6.69. The molecule has 0 saturated carbocycles. The minimum absolute atomic E-state index is 0. The van der Waals surface area contributed by atoms with Crippen LogP contribution >= 0.6 is 35.3 Å². The summed E-state index contributed by atoms with van der Waals surface area (Å²) in [5.41, 5.74) is 0. The van der Waals surface area contributed by atoms with Gasteiger partial charge in [0.25, 0.3) is 0 Å². The Balaban J connectivity index is 0.00000312. The van der Waals surface area contributed by atoms with Gasteiger partial charge in [0.2, 0.25) is 0 Å². The average molecular weight is 481 g/mol. The molecule has 1 fully saturated rings. The van der Waals surface area contributed by atoms with Crippen molar-refractivity contribution < 1.29 is 9.47 Å². The molecular formula is C18H32IN3O2S. The summed E-state index contributed by atoms with van der Waals surface area (Å²) >= 11 is 1.85. The highest BCUT2D eigenvalue weighted by Crippen LogP contribution is 2.17. The Morgan fingerprint density at radius 1 is 1.24 bits per heavy atom. The van der Waals surface area contributed by atoms with E-state index in [1.54, 1.807) is 0 Å². The molecule has 2 rings (SSSR count). The van der Waals surface area contributed by atoms with Crippen molar-refractivity contribution in [3.63, 3.8) is 0 Å². The molecule has 144 valence electrons. The van der Waals surface area contributed by atoms with Crippen LogP contribution < -0.4 is 10.6 Å². The molecule has 0 amide bonds. The van der Waals surface area contributed by atoms with E-state index in [2.05, 4.69) is 41.6 Å². The third-order valence-corrected chi connectivity index (χ3v) is 5.15. The van der Waals surface area contributed by atoms with E-state index < -0.39 is 0 Å². The van der Waals surface area contributed by atoms with Gasteiger partial charge in [0, 0.05) is 42.7 Å². The van der Waals surface area contributed by atoms with E-state index in [4.69, 9.17) is 9.47 Å². The van der Waals surface area contributed by atoms with E-state index >= 15 is 0 Å². The van der Waals surface area contributed by atoms with Crippen molar-refractivity contribution in [3.05, 3.63) is 21.9 Å². The van der Waals surface area contributed by atoms with E-state index in [-0.39, 0.29) is 24.0 Å². The fraction of sp³-hybridized carbons (Fsp3) is 0.722. The lowest BCUT2D eigenvalue weighted by Crippen LogP contribution is -2.38. The number of thiophene rings is 1. The SMILES string of the molecule is CCNC(=NCc1ccc(CC)s1)NCCCOC1CCOCC1.I. The molecule has 0 aliphatic carbocycles. The van der Waals surface area contributed by atoms with Crippen LogP contribution in [0.4, 0.5) is 0 Å². The molecule has 1 aliphatic heterocycles. The number of nitrogens with zero attached hydrogens (tertiary/aromatic N) is 1. The van der Waals surface area contributed by atoms with E-state index in [9.17, 15) is 0 Å². The number of hydrogen-bond donors (Lipinski definition) is 2. The number of halogens is 1. The normalized spacial score (nSPS) is 15.7. The van der Waals surface area contributed by atoms with Crippen molar-refractivity contribution >= 4 is 41.3 Å². The Hall–Kier alpha value is -0.380. The summed E-state index contributed by atoms with van der Waals surface area (Å²) in [6.45, 7) is 9.22. The van der Waals surface area contributed by atoms with E-state index in [0.29, 0.717) is 6.10 Å². The van der Waals surface area contributed by atoms with Gasteiger partial charge in [-0.3, -0.25) is 0 Å². The molecule has 2 heterocycles. The van der Waals surface area contributed by atoms with Crippen molar-refractivity contribution in [1.82, 2.24) is 10.6 Å². The molecule has 0 bridgehead atoms. The number of aliphatic imine (C=N–C) groups is 1. The summed E-state index contributed by atoms with van der Waals surface area (Å²) in [4.78, 5) is 7.40. The van der Waals surface area contributed by atoms with Gasteiger partial charge in [0.1, 0.15) is 0 Å². The van der Waals surface area contributed by atoms with Crippen LogP contribution in [0, 0.1) is 0 Å². The highest BCUT2D eigenvalue weighted by Gasteiger charge is 2.13. The molecule has 0 spiro atoms. The number of nitrogens with one attached hydrogen (secondary N) is 2. The Bertz CT molecular complexity index is 490. The monoisotopic (exact) mass is 481 g/mol. The maximum Gasteiger partial charge on any atom is 0.191 e. The molecule has 1 aromatic rings. The van der Waals surface area contributed by atoms with Gasteiger partial charge in [-0.15, -0.1) is 35.3 Å². The number of ether oxygens (including phenoxy) is 2. The Labute approximate surface area is 173 Å². The zero-order valence-electron chi connectivity index (χ0n) is 15.4. The van der Waals surface area contributed by atoms with Gasteiger partial charge in [0.05, 0.1) is 12.6 Å². The zero-order chi connectivity index (χ0) is 17.0. The summed E-state index contributed by atoms with van der Waals surface area (Å²) in [6, 6.07) is 4.38. The van der Waals surface area contributed by atoms with Gasteiger partial charge in [-0.1, -0.05) is 6.92 Å². The average Bonchev–Trinajstić information content (AvgIpc) is 3.08. The molecule has 1 aliphatic rings. The standard InChI is InChI=1S/C18H31N3O2S.HI/c1-3-16-6-7-17(24-16)14-21-18(19-4-2)20-10-5-11-23-15-8-12-22-13-9-15;/h6-7,15H,3-5,8-14H2,1-2H3,(H2,19,20,21);1H. The van der Waals surface area contributed by atoms with E-state index in [0.717, 1.165) is 71.1 Å². The second-order valence-corrected chi connectivity index (χ2v) is 7.13. The minimum atomic E-state index is 0. The number of hydrogen-bond acceptors (Lipinski definition) is 4. The molecule has 0 unspecified atom stereocenters. The Morgan fingerprint density at radius 2 is 2.00 bits per heavy atom. The second-order valence-electron chi connectivity index (χ2n) is 5.88.